The van der Waals surface area contributed by atoms with Gasteiger partial charge in [0.15, 0.2) is 0 Å². The summed E-state index contributed by atoms with van der Waals surface area (Å²) in [7, 11) is 1.84. The predicted octanol–water partition coefficient (Wildman–Crippen LogP) is 3.03. The van der Waals surface area contributed by atoms with Crippen molar-refractivity contribution in [3.8, 4) is 0 Å². The van der Waals surface area contributed by atoms with Gasteiger partial charge in [0.1, 0.15) is 11.0 Å². The molecule has 1 atom stereocenters. The van der Waals surface area contributed by atoms with E-state index in [1.165, 1.54) is 0 Å². The smallest absolute Gasteiger partial charge is 0.223 e. The minimum atomic E-state index is 0.0636. The molecular formula is C17H24ClN5O. The fourth-order valence-electron chi connectivity index (χ4n) is 3.57. The van der Waals surface area contributed by atoms with Crippen molar-refractivity contribution in [3.63, 3.8) is 0 Å². The lowest BCUT2D eigenvalue weighted by molar-refractivity contribution is -0.132. The lowest BCUT2D eigenvalue weighted by atomic mass is 10.1. The summed E-state index contributed by atoms with van der Waals surface area (Å²) in [6, 6.07) is 0.0636. The summed E-state index contributed by atoms with van der Waals surface area (Å²) >= 11 is 6.41. The summed E-state index contributed by atoms with van der Waals surface area (Å²) in [5.74, 6) is 1.19. The minimum Gasteiger partial charge on any atom is -0.335 e. The van der Waals surface area contributed by atoms with Gasteiger partial charge in [0, 0.05) is 44.5 Å². The Kier molecular flexibility index (Phi) is 4.94. The van der Waals surface area contributed by atoms with E-state index >= 15 is 0 Å². The molecule has 1 aliphatic heterocycles. The van der Waals surface area contributed by atoms with E-state index in [0.29, 0.717) is 11.6 Å². The van der Waals surface area contributed by atoms with Crippen molar-refractivity contribution in [2.45, 2.75) is 52.1 Å². The number of hydrogen-bond acceptors (Lipinski definition) is 3. The van der Waals surface area contributed by atoms with E-state index in [1.54, 1.807) is 10.9 Å². The van der Waals surface area contributed by atoms with E-state index < -0.39 is 0 Å². The first kappa shape index (κ1) is 17.0. The molecule has 0 radical (unpaired) electrons. The number of imidazole rings is 1. The summed E-state index contributed by atoms with van der Waals surface area (Å²) in [4.78, 5) is 18.9. The summed E-state index contributed by atoms with van der Waals surface area (Å²) in [6.45, 7) is 5.57. The SMILES string of the molecule is Cc1nn(C)c(Cl)c1C1CCCN1C(=O)CCCn1ccnc1C. The van der Waals surface area contributed by atoms with Crippen molar-refractivity contribution in [2.75, 3.05) is 6.54 Å². The highest BCUT2D eigenvalue weighted by Crippen LogP contribution is 2.37. The number of hydrogen-bond donors (Lipinski definition) is 0. The van der Waals surface area contributed by atoms with Crippen LogP contribution in [0.25, 0.3) is 0 Å². The number of carbonyl (C=O) groups excluding carboxylic acids is 1. The van der Waals surface area contributed by atoms with Gasteiger partial charge in [-0.2, -0.15) is 5.10 Å². The quantitative estimate of drug-likeness (QED) is 0.833. The maximum absolute atomic E-state index is 12.7. The lowest BCUT2D eigenvalue weighted by Crippen LogP contribution is -2.30. The second-order valence-electron chi connectivity index (χ2n) is 6.43. The van der Waals surface area contributed by atoms with Gasteiger partial charge < -0.3 is 9.47 Å². The van der Waals surface area contributed by atoms with Gasteiger partial charge in [-0.15, -0.1) is 0 Å². The summed E-state index contributed by atoms with van der Waals surface area (Å²) < 4.78 is 3.77. The van der Waals surface area contributed by atoms with Crippen LogP contribution in [0.3, 0.4) is 0 Å². The van der Waals surface area contributed by atoms with Crippen LogP contribution in [0.4, 0.5) is 0 Å². The van der Waals surface area contributed by atoms with Gasteiger partial charge in [0.05, 0.1) is 11.7 Å². The molecule has 1 unspecified atom stereocenters. The Morgan fingerprint density at radius 1 is 1.42 bits per heavy atom. The molecule has 1 saturated heterocycles. The fraction of sp³-hybridized carbons (Fsp3) is 0.588. The molecule has 0 aromatic carbocycles. The summed E-state index contributed by atoms with van der Waals surface area (Å²) in [5, 5.41) is 5.04. The van der Waals surface area contributed by atoms with E-state index in [1.807, 2.05) is 32.0 Å². The largest absolute Gasteiger partial charge is 0.335 e. The van der Waals surface area contributed by atoms with Gasteiger partial charge in [-0.3, -0.25) is 9.48 Å². The van der Waals surface area contributed by atoms with Crippen molar-refractivity contribution in [1.82, 2.24) is 24.2 Å². The molecule has 0 spiro atoms. The van der Waals surface area contributed by atoms with Crippen LogP contribution in [0.2, 0.25) is 5.15 Å². The van der Waals surface area contributed by atoms with Crippen molar-refractivity contribution < 1.29 is 4.79 Å². The molecule has 0 N–H and O–H groups in total. The molecule has 3 rings (SSSR count). The van der Waals surface area contributed by atoms with Gasteiger partial charge in [0.25, 0.3) is 0 Å². The molecule has 0 saturated carbocycles. The second-order valence-corrected chi connectivity index (χ2v) is 6.79. The molecule has 1 aliphatic rings. The Labute approximate surface area is 147 Å². The molecule has 130 valence electrons. The standard InChI is InChI=1S/C17H24ClN5O/c1-12-16(17(18)21(3)20-12)14-6-4-10-23(14)15(24)7-5-9-22-11-8-19-13(22)2/h8,11,14H,4-7,9-10H2,1-3H3. The first-order valence-corrected chi connectivity index (χ1v) is 8.83. The zero-order valence-electron chi connectivity index (χ0n) is 14.5. The predicted molar refractivity (Wildman–Crippen MR) is 92.8 cm³/mol. The third kappa shape index (κ3) is 3.20. The highest BCUT2D eigenvalue weighted by molar-refractivity contribution is 6.30. The van der Waals surface area contributed by atoms with Crippen LogP contribution >= 0.6 is 11.6 Å². The molecule has 1 amide bonds. The van der Waals surface area contributed by atoms with Gasteiger partial charge in [-0.1, -0.05) is 11.6 Å². The van der Waals surface area contributed by atoms with E-state index in [-0.39, 0.29) is 11.9 Å². The van der Waals surface area contributed by atoms with Gasteiger partial charge in [-0.05, 0) is 33.1 Å². The van der Waals surface area contributed by atoms with E-state index in [4.69, 9.17) is 11.6 Å². The average Bonchev–Trinajstić information content (AvgIpc) is 3.22. The molecule has 24 heavy (non-hydrogen) atoms. The number of halogens is 1. The third-order valence-electron chi connectivity index (χ3n) is 4.82. The number of amides is 1. The van der Waals surface area contributed by atoms with Crippen LogP contribution in [0.1, 0.15) is 48.8 Å². The Hall–Kier alpha value is -1.82. The molecule has 0 bridgehead atoms. The zero-order valence-corrected chi connectivity index (χ0v) is 15.3. The molecule has 1 fully saturated rings. The molecule has 7 heteroatoms. The van der Waals surface area contributed by atoms with Crippen molar-refractivity contribution in [3.05, 3.63) is 34.6 Å². The van der Waals surface area contributed by atoms with E-state index in [9.17, 15) is 4.79 Å². The van der Waals surface area contributed by atoms with Crippen LogP contribution in [-0.2, 0) is 18.4 Å². The van der Waals surface area contributed by atoms with Crippen molar-refractivity contribution in [1.29, 1.82) is 0 Å². The number of carbonyl (C=O) groups is 1. The van der Waals surface area contributed by atoms with Crippen LogP contribution in [0.15, 0.2) is 12.4 Å². The van der Waals surface area contributed by atoms with Gasteiger partial charge in [0.2, 0.25) is 5.91 Å². The summed E-state index contributed by atoms with van der Waals surface area (Å²) in [5.41, 5.74) is 1.93. The topological polar surface area (TPSA) is 56.0 Å². The Morgan fingerprint density at radius 2 is 2.21 bits per heavy atom. The Morgan fingerprint density at radius 3 is 2.83 bits per heavy atom. The monoisotopic (exact) mass is 349 g/mol. The normalized spacial score (nSPS) is 17.7. The van der Waals surface area contributed by atoms with E-state index in [0.717, 1.165) is 49.4 Å². The molecule has 2 aromatic rings. The van der Waals surface area contributed by atoms with Crippen molar-refractivity contribution >= 4 is 17.5 Å². The molecule has 3 heterocycles. The minimum absolute atomic E-state index is 0.0636. The molecular weight excluding hydrogens is 326 g/mol. The maximum atomic E-state index is 12.7. The lowest BCUT2D eigenvalue weighted by Gasteiger charge is -2.25. The molecule has 0 aliphatic carbocycles. The van der Waals surface area contributed by atoms with Crippen LogP contribution in [0.5, 0.6) is 0 Å². The van der Waals surface area contributed by atoms with E-state index in [2.05, 4.69) is 14.6 Å². The number of nitrogens with zero attached hydrogens (tertiary/aromatic N) is 5. The van der Waals surface area contributed by atoms with Gasteiger partial charge >= 0.3 is 0 Å². The number of rotatable bonds is 5. The first-order valence-electron chi connectivity index (χ1n) is 8.45. The number of aromatic nitrogens is 4. The van der Waals surface area contributed by atoms with Gasteiger partial charge in [-0.25, -0.2) is 4.98 Å². The number of aryl methyl sites for hydroxylation is 4. The highest BCUT2D eigenvalue weighted by Gasteiger charge is 2.33. The van der Waals surface area contributed by atoms with Crippen LogP contribution in [-0.4, -0.2) is 36.7 Å². The Bertz CT molecular complexity index is 735. The Balaban J connectivity index is 1.64. The first-order chi connectivity index (χ1) is 11.5. The molecule has 2 aromatic heterocycles. The number of likely N-dealkylation sites (tertiary alicyclic amines) is 1. The fourth-order valence-corrected chi connectivity index (χ4v) is 3.88. The zero-order chi connectivity index (χ0) is 17.3. The highest BCUT2D eigenvalue weighted by atomic mass is 35.5. The third-order valence-corrected chi connectivity index (χ3v) is 5.26. The maximum Gasteiger partial charge on any atom is 0.223 e. The average molecular weight is 350 g/mol. The van der Waals surface area contributed by atoms with Crippen molar-refractivity contribution in [2.24, 2.45) is 7.05 Å². The molecule has 6 nitrogen and oxygen atoms in total. The summed E-state index contributed by atoms with van der Waals surface area (Å²) in [6.07, 6.45) is 7.09. The van der Waals surface area contributed by atoms with Crippen LogP contribution < -0.4 is 0 Å². The van der Waals surface area contributed by atoms with Crippen LogP contribution in [0, 0.1) is 13.8 Å². The second kappa shape index (κ2) is 6.97.